The Morgan fingerprint density at radius 1 is 1.56 bits per heavy atom. The van der Waals surface area contributed by atoms with Crippen LogP contribution >= 0.6 is 0 Å². The van der Waals surface area contributed by atoms with Crippen molar-refractivity contribution in [2.45, 2.75) is 25.5 Å². The van der Waals surface area contributed by atoms with E-state index in [1.165, 1.54) is 6.92 Å². The quantitative estimate of drug-likeness (QED) is 0.679. The second-order valence-electron chi connectivity index (χ2n) is 5.02. The number of carbonyl (C=O) groups is 1. The summed E-state index contributed by atoms with van der Waals surface area (Å²) in [5, 5.41) is 18.7. The predicted molar refractivity (Wildman–Crippen MR) is 68.1 cm³/mol. The Morgan fingerprint density at radius 2 is 2.28 bits per heavy atom. The summed E-state index contributed by atoms with van der Waals surface area (Å²) in [4.78, 5) is 12.8. The number of aliphatic hydroxyl groups is 1. The summed E-state index contributed by atoms with van der Waals surface area (Å²) in [5.41, 5.74) is 7.23. The first-order valence-corrected chi connectivity index (χ1v) is 5.94. The van der Waals surface area contributed by atoms with Crippen molar-refractivity contribution in [3.05, 3.63) is 29.3 Å². The number of aliphatic carboxylic acids is 1. The molecule has 0 aliphatic carbocycles. The van der Waals surface area contributed by atoms with Crippen LogP contribution in [0.1, 0.15) is 18.1 Å². The van der Waals surface area contributed by atoms with Gasteiger partial charge in [0.1, 0.15) is 0 Å². The van der Waals surface area contributed by atoms with Gasteiger partial charge in [-0.1, -0.05) is 12.1 Å². The molecule has 0 aromatic heterocycles. The highest BCUT2D eigenvalue weighted by atomic mass is 16.4. The smallest absolute Gasteiger partial charge is 0.336 e. The Hall–Kier alpha value is -1.59. The summed E-state index contributed by atoms with van der Waals surface area (Å²) in [6.07, 6.45) is 0.789. The van der Waals surface area contributed by atoms with Crippen molar-refractivity contribution in [2.75, 3.05) is 18.8 Å². The molecule has 0 spiro atoms. The Balaban J connectivity index is 2.11. The molecule has 5 nitrogen and oxygen atoms in total. The maximum absolute atomic E-state index is 10.9. The largest absolute Gasteiger partial charge is 0.479 e. The van der Waals surface area contributed by atoms with Crippen LogP contribution in [0, 0.1) is 0 Å². The first-order chi connectivity index (χ1) is 8.40. The lowest BCUT2D eigenvalue weighted by atomic mass is 9.96. The van der Waals surface area contributed by atoms with Gasteiger partial charge < -0.3 is 15.9 Å². The summed E-state index contributed by atoms with van der Waals surface area (Å²) >= 11 is 0. The number of β-amino-alcohol motifs (C(OH)–C–C–N with tert-alkyl or cyclic N) is 1. The third kappa shape index (κ3) is 2.47. The molecule has 5 heteroatoms. The minimum atomic E-state index is -1.71. The van der Waals surface area contributed by atoms with Gasteiger partial charge >= 0.3 is 5.97 Å². The van der Waals surface area contributed by atoms with Crippen molar-refractivity contribution in [2.24, 2.45) is 0 Å². The minimum absolute atomic E-state index is 0.122. The molecule has 0 amide bonds. The third-order valence-corrected chi connectivity index (χ3v) is 3.37. The molecule has 4 N–H and O–H groups in total. The van der Waals surface area contributed by atoms with Crippen LogP contribution in [0.2, 0.25) is 0 Å². The fourth-order valence-electron chi connectivity index (χ4n) is 2.34. The van der Waals surface area contributed by atoms with E-state index in [2.05, 4.69) is 0 Å². The summed E-state index contributed by atoms with van der Waals surface area (Å²) in [6, 6.07) is 5.77. The number of nitrogens with zero attached hydrogens (tertiary/aromatic N) is 1. The van der Waals surface area contributed by atoms with Crippen LogP contribution in [-0.2, 0) is 17.8 Å². The lowest BCUT2D eigenvalue weighted by Crippen LogP contribution is -2.48. The van der Waals surface area contributed by atoms with E-state index in [9.17, 15) is 9.90 Å². The second kappa shape index (κ2) is 4.59. The number of nitrogen functional groups attached to an aromatic ring is 1. The van der Waals surface area contributed by atoms with E-state index in [1.807, 2.05) is 23.1 Å². The molecule has 1 heterocycles. The van der Waals surface area contributed by atoms with Crippen LogP contribution in [0.4, 0.5) is 5.69 Å². The van der Waals surface area contributed by atoms with Gasteiger partial charge in [-0.3, -0.25) is 4.90 Å². The molecule has 0 saturated carbocycles. The van der Waals surface area contributed by atoms with Crippen molar-refractivity contribution < 1.29 is 15.0 Å². The molecule has 1 aliphatic heterocycles. The van der Waals surface area contributed by atoms with E-state index < -0.39 is 11.6 Å². The van der Waals surface area contributed by atoms with Gasteiger partial charge in [0.25, 0.3) is 0 Å². The van der Waals surface area contributed by atoms with E-state index >= 15 is 0 Å². The van der Waals surface area contributed by atoms with Crippen LogP contribution < -0.4 is 5.73 Å². The van der Waals surface area contributed by atoms with Gasteiger partial charge in [-0.25, -0.2) is 4.79 Å². The molecule has 1 atom stereocenters. The van der Waals surface area contributed by atoms with Crippen LogP contribution in [0.15, 0.2) is 18.2 Å². The van der Waals surface area contributed by atoms with Crippen LogP contribution in [-0.4, -0.2) is 39.8 Å². The topological polar surface area (TPSA) is 86.8 Å². The summed E-state index contributed by atoms with van der Waals surface area (Å²) < 4.78 is 0. The number of hydrogen-bond donors (Lipinski definition) is 3. The van der Waals surface area contributed by atoms with Crippen molar-refractivity contribution in [1.29, 1.82) is 0 Å². The molecule has 2 rings (SSSR count). The zero-order valence-electron chi connectivity index (χ0n) is 10.4. The van der Waals surface area contributed by atoms with Crippen LogP contribution in [0.25, 0.3) is 0 Å². The van der Waals surface area contributed by atoms with Crippen molar-refractivity contribution in [3.63, 3.8) is 0 Å². The molecular formula is C13H18N2O3. The summed E-state index contributed by atoms with van der Waals surface area (Å²) in [5.74, 6) is -1.19. The van der Waals surface area contributed by atoms with Gasteiger partial charge in [0.2, 0.25) is 0 Å². The zero-order valence-corrected chi connectivity index (χ0v) is 10.4. The van der Waals surface area contributed by atoms with E-state index in [4.69, 9.17) is 10.8 Å². The monoisotopic (exact) mass is 250 g/mol. The second-order valence-corrected chi connectivity index (χ2v) is 5.02. The van der Waals surface area contributed by atoms with Gasteiger partial charge in [0.05, 0.1) is 0 Å². The van der Waals surface area contributed by atoms with Crippen LogP contribution in [0.5, 0.6) is 0 Å². The molecule has 18 heavy (non-hydrogen) atoms. The van der Waals surface area contributed by atoms with Gasteiger partial charge in [-0.15, -0.1) is 0 Å². The fourth-order valence-corrected chi connectivity index (χ4v) is 2.34. The molecule has 0 bridgehead atoms. The van der Waals surface area contributed by atoms with Gasteiger partial charge in [0.15, 0.2) is 5.60 Å². The highest BCUT2D eigenvalue weighted by molar-refractivity contribution is 5.76. The van der Waals surface area contributed by atoms with Crippen molar-refractivity contribution in [3.8, 4) is 0 Å². The Kier molecular flexibility index (Phi) is 3.28. The first-order valence-electron chi connectivity index (χ1n) is 5.94. The van der Waals surface area contributed by atoms with Gasteiger partial charge in [0, 0.05) is 25.3 Å². The molecule has 1 aromatic rings. The zero-order chi connectivity index (χ0) is 13.3. The molecule has 0 radical (unpaired) electrons. The standard InChI is InChI=1S/C13H18N2O3/c1-13(18,12(16)17)8-15-6-5-10-9(7-15)3-2-4-11(10)14/h2-4,18H,5-8,14H2,1H3,(H,16,17). The van der Waals surface area contributed by atoms with E-state index in [1.54, 1.807) is 0 Å². The molecule has 1 aromatic carbocycles. The number of anilines is 1. The molecular weight excluding hydrogens is 232 g/mol. The molecule has 1 aliphatic rings. The van der Waals surface area contributed by atoms with E-state index in [0.29, 0.717) is 13.1 Å². The maximum atomic E-state index is 10.9. The number of rotatable bonds is 3. The Morgan fingerprint density at radius 3 is 2.94 bits per heavy atom. The number of hydrogen-bond acceptors (Lipinski definition) is 4. The van der Waals surface area contributed by atoms with Gasteiger partial charge in [-0.2, -0.15) is 0 Å². The fraction of sp³-hybridized carbons (Fsp3) is 0.462. The Bertz CT molecular complexity index is 471. The van der Waals surface area contributed by atoms with Crippen molar-refractivity contribution >= 4 is 11.7 Å². The number of benzene rings is 1. The number of carboxylic acids is 1. The third-order valence-electron chi connectivity index (χ3n) is 3.37. The maximum Gasteiger partial charge on any atom is 0.336 e. The number of fused-ring (bicyclic) bond motifs is 1. The lowest BCUT2D eigenvalue weighted by molar-refractivity contribution is -0.158. The number of carboxylic acid groups (broad SMARTS) is 1. The van der Waals surface area contributed by atoms with Gasteiger partial charge in [-0.05, 0) is 30.5 Å². The Labute approximate surface area is 106 Å². The highest BCUT2D eigenvalue weighted by Gasteiger charge is 2.33. The minimum Gasteiger partial charge on any atom is -0.479 e. The van der Waals surface area contributed by atoms with Crippen LogP contribution in [0.3, 0.4) is 0 Å². The summed E-state index contributed by atoms with van der Waals surface area (Å²) in [7, 11) is 0. The average molecular weight is 250 g/mol. The first kappa shape index (κ1) is 12.9. The molecule has 98 valence electrons. The molecule has 1 unspecified atom stereocenters. The lowest BCUT2D eigenvalue weighted by Gasteiger charge is -2.33. The van der Waals surface area contributed by atoms with Crippen molar-refractivity contribution in [1.82, 2.24) is 4.90 Å². The highest BCUT2D eigenvalue weighted by Crippen LogP contribution is 2.24. The van der Waals surface area contributed by atoms with E-state index in [0.717, 1.165) is 23.2 Å². The van der Waals surface area contributed by atoms with E-state index in [-0.39, 0.29) is 6.54 Å². The molecule has 0 fully saturated rings. The number of nitrogens with two attached hydrogens (primary N) is 1. The summed E-state index contributed by atoms with van der Waals surface area (Å²) in [6.45, 7) is 2.79. The predicted octanol–water partition coefficient (Wildman–Crippen LogP) is 0.462. The molecule has 0 saturated heterocycles. The normalized spacial score (nSPS) is 19.0. The SMILES string of the molecule is CC(O)(CN1CCc2c(N)cccc2C1)C(=O)O. The average Bonchev–Trinajstić information content (AvgIpc) is 2.28.